The Bertz CT molecular complexity index is 748. The van der Waals surface area contributed by atoms with Crippen LogP contribution in [0.4, 0.5) is 0 Å². The van der Waals surface area contributed by atoms with E-state index in [0.29, 0.717) is 5.75 Å². The maximum absolute atomic E-state index is 6.22. The zero-order chi connectivity index (χ0) is 14.7. The lowest BCUT2D eigenvalue weighted by Gasteiger charge is -2.05. The molecule has 1 aromatic heterocycles. The zero-order valence-electron chi connectivity index (χ0n) is 10.8. The third-order valence-electron chi connectivity index (χ3n) is 2.81. The van der Waals surface area contributed by atoms with E-state index < -0.39 is 0 Å². The van der Waals surface area contributed by atoms with E-state index >= 15 is 0 Å². The molecule has 0 aliphatic rings. The normalized spacial score (nSPS) is 10.8. The van der Waals surface area contributed by atoms with Crippen molar-refractivity contribution < 1.29 is 0 Å². The van der Waals surface area contributed by atoms with Crippen LogP contribution in [0.2, 0.25) is 5.02 Å². The van der Waals surface area contributed by atoms with Crippen LogP contribution in [0, 0.1) is 0 Å². The Labute approximate surface area is 139 Å². The molecule has 0 atom stereocenters. The summed E-state index contributed by atoms with van der Waals surface area (Å²) < 4.78 is 2.69. The maximum Gasteiger partial charge on any atom is 0.214 e. The molecule has 0 bridgehead atoms. The van der Waals surface area contributed by atoms with Gasteiger partial charge in [-0.15, -0.1) is 5.10 Å². The molecule has 0 N–H and O–H groups in total. The number of hydrogen-bond donors (Lipinski definition) is 0. The number of thioether (sulfide) groups is 1. The Morgan fingerprint density at radius 3 is 2.71 bits per heavy atom. The van der Waals surface area contributed by atoms with Crippen molar-refractivity contribution in [1.82, 2.24) is 20.2 Å². The van der Waals surface area contributed by atoms with Gasteiger partial charge in [-0.2, -0.15) is 4.68 Å². The van der Waals surface area contributed by atoms with Gasteiger partial charge in [0.2, 0.25) is 5.16 Å². The summed E-state index contributed by atoms with van der Waals surface area (Å²) in [6, 6.07) is 15.7. The monoisotopic (exact) mass is 380 g/mol. The van der Waals surface area contributed by atoms with Crippen molar-refractivity contribution in [3.8, 4) is 5.69 Å². The first-order valence-electron chi connectivity index (χ1n) is 6.14. The van der Waals surface area contributed by atoms with Gasteiger partial charge in [0.15, 0.2) is 0 Å². The summed E-state index contributed by atoms with van der Waals surface area (Å²) in [7, 11) is 0. The van der Waals surface area contributed by atoms with Gasteiger partial charge in [0.1, 0.15) is 0 Å². The summed E-state index contributed by atoms with van der Waals surface area (Å²) in [5, 5.41) is 13.3. The predicted molar refractivity (Wildman–Crippen MR) is 87.9 cm³/mol. The molecular weight excluding hydrogens is 372 g/mol. The summed E-state index contributed by atoms with van der Waals surface area (Å²) in [5.74, 6) is 0.708. The highest BCUT2D eigenvalue weighted by Gasteiger charge is 2.10. The summed E-state index contributed by atoms with van der Waals surface area (Å²) in [4.78, 5) is 0. The van der Waals surface area contributed by atoms with Crippen molar-refractivity contribution in [3.63, 3.8) is 0 Å². The largest absolute Gasteiger partial charge is 0.214 e. The van der Waals surface area contributed by atoms with Gasteiger partial charge in [-0.05, 0) is 40.3 Å². The van der Waals surface area contributed by atoms with E-state index in [0.717, 1.165) is 25.9 Å². The van der Waals surface area contributed by atoms with Crippen molar-refractivity contribution in [2.24, 2.45) is 0 Å². The van der Waals surface area contributed by atoms with E-state index in [1.54, 1.807) is 16.4 Å². The molecule has 4 nitrogen and oxygen atoms in total. The third-order valence-corrected chi connectivity index (χ3v) is 4.63. The summed E-state index contributed by atoms with van der Waals surface area (Å²) in [6.45, 7) is 0. The molecule has 7 heteroatoms. The molecule has 106 valence electrons. The Morgan fingerprint density at radius 2 is 1.95 bits per heavy atom. The maximum atomic E-state index is 6.22. The fourth-order valence-electron chi connectivity index (χ4n) is 1.78. The van der Waals surface area contributed by atoms with Crippen molar-refractivity contribution in [2.75, 3.05) is 0 Å². The predicted octanol–water partition coefficient (Wildman–Crippen LogP) is 4.37. The van der Waals surface area contributed by atoms with Gasteiger partial charge in [0.25, 0.3) is 0 Å². The molecule has 2 aromatic carbocycles. The average molecular weight is 382 g/mol. The van der Waals surface area contributed by atoms with Crippen LogP contribution in [0.5, 0.6) is 0 Å². The summed E-state index contributed by atoms with van der Waals surface area (Å²) in [6.07, 6.45) is 0. The lowest BCUT2D eigenvalue weighted by Crippen LogP contribution is -1.98. The van der Waals surface area contributed by atoms with Gasteiger partial charge in [-0.1, -0.05) is 63.6 Å². The summed E-state index contributed by atoms with van der Waals surface area (Å²) in [5.41, 5.74) is 1.99. The highest BCUT2D eigenvalue weighted by Crippen LogP contribution is 2.28. The number of tetrazole rings is 1. The fraction of sp³-hybridized carbons (Fsp3) is 0.0714. The van der Waals surface area contributed by atoms with E-state index in [9.17, 15) is 0 Å². The smallest absolute Gasteiger partial charge is 0.188 e. The van der Waals surface area contributed by atoms with Gasteiger partial charge in [0, 0.05) is 15.2 Å². The SMILES string of the molecule is Clc1cc(Br)ccc1CSc1nnnn1-c1ccccc1. The molecule has 0 fully saturated rings. The summed E-state index contributed by atoms with van der Waals surface area (Å²) >= 11 is 11.2. The molecule has 0 saturated heterocycles. The second-order valence-corrected chi connectivity index (χ2v) is 6.50. The first-order chi connectivity index (χ1) is 10.2. The molecule has 3 aromatic rings. The Kier molecular flexibility index (Phi) is 4.57. The van der Waals surface area contributed by atoms with Gasteiger partial charge in [-0.25, -0.2) is 0 Å². The fourth-order valence-corrected chi connectivity index (χ4v) is 3.50. The molecule has 0 aliphatic heterocycles. The topological polar surface area (TPSA) is 43.6 Å². The van der Waals surface area contributed by atoms with Crippen molar-refractivity contribution in [2.45, 2.75) is 10.9 Å². The van der Waals surface area contributed by atoms with Crippen LogP contribution in [-0.2, 0) is 5.75 Å². The lowest BCUT2D eigenvalue weighted by atomic mass is 10.2. The molecule has 0 aliphatic carbocycles. The van der Waals surface area contributed by atoms with Crippen LogP contribution in [0.15, 0.2) is 58.2 Å². The molecule has 21 heavy (non-hydrogen) atoms. The van der Waals surface area contributed by atoms with E-state index in [-0.39, 0.29) is 0 Å². The Hall–Kier alpha value is -1.37. The van der Waals surface area contributed by atoms with Crippen molar-refractivity contribution in [3.05, 3.63) is 63.6 Å². The Morgan fingerprint density at radius 1 is 1.14 bits per heavy atom. The van der Waals surface area contributed by atoms with Crippen LogP contribution in [0.1, 0.15) is 5.56 Å². The minimum absolute atomic E-state index is 0.708. The van der Waals surface area contributed by atoms with Gasteiger partial charge in [-0.3, -0.25) is 0 Å². The first-order valence-corrected chi connectivity index (χ1v) is 8.30. The third kappa shape index (κ3) is 3.45. The molecule has 0 unspecified atom stereocenters. The number of benzene rings is 2. The van der Waals surface area contributed by atoms with Crippen molar-refractivity contribution >= 4 is 39.3 Å². The highest BCUT2D eigenvalue weighted by molar-refractivity contribution is 9.10. The molecule has 1 heterocycles. The molecule has 0 spiro atoms. The first kappa shape index (κ1) is 14.6. The van der Waals surface area contributed by atoms with Crippen LogP contribution in [-0.4, -0.2) is 20.2 Å². The molecule has 0 amide bonds. The minimum Gasteiger partial charge on any atom is -0.188 e. The van der Waals surface area contributed by atoms with Crippen LogP contribution in [0.25, 0.3) is 5.69 Å². The van der Waals surface area contributed by atoms with E-state index in [2.05, 4.69) is 31.5 Å². The zero-order valence-corrected chi connectivity index (χ0v) is 13.9. The number of para-hydroxylation sites is 1. The number of halogens is 2. The van der Waals surface area contributed by atoms with Gasteiger partial charge >= 0.3 is 0 Å². The van der Waals surface area contributed by atoms with Gasteiger partial charge in [0.05, 0.1) is 5.69 Å². The highest BCUT2D eigenvalue weighted by atomic mass is 79.9. The van der Waals surface area contributed by atoms with Crippen molar-refractivity contribution in [1.29, 1.82) is 0 Å². The molecule has 0 saturated carbocycles. The van der Waals surface area contributed by atoms with Crippen LogP contribution in [0.3, 0.4) is 0 Å². The number of aromatic nitrogens is 4. The molecule has 0 radical (unpaired) electrons. The van der Waals surface area contributed by atoms with E-state index in [1.807, 2.05) is 48.5 Å². The average Bonchev–Trinajstić information content (AvgIpc) is 2.96. The lowest BCUT2D eigenvalue weighted by molar-refractivity contribution is 0.756. The minimum atomic E-state index is 0.708. The molecule has 3 rings (SSSR count). The van der Waals surface area contributed by atoms with Crippen LogP contribution >= 0.6 is 39.3 Å². The quantitative estimate of drug-likeness (QED) is 0.629. The molecular formula is C14H10BrClN4S. The number of nitrogens with zero attached hydrogens (tertiary/aromatic N) is 4. The number of rotatable bonds is 4. The van der Waals surface area contributed by atoms with E-state index in [4.69, 9.17) is 11.6 Å². The second-order valence-electron chi connectivity index (χ2n) is 4.23. The Balaban J connectivity index is 1.79. The number of hydrogen-bond acceptors (Lipinski definition) is 4. The van der Waals surface area contributed by atoms with Gasteiger partial charge < -0.3 is 0 Å². The standard InChI is InChI=1S/C14H10BrClN4S/c15-11-7-6-10(13(16)8-11)9-21-14-17-18-19-20(14)12-4-2-1-3-5-12/h1-8H,9H2. The van der Waals surface area contributed by atoms with Crippen LogP contribution < -0.4 is 0 Å². The van der Waals surface area contributed by atoms with E-state index in [1.165, 1.54) is 0 Å². The second kappa shape index (κ2) is 6.60.